The van der Waals surface area contributed by atoms with Gasteiger partial charge < -0.3 is 24.3 Å². The second-order valence-electron chi connectivity index (χ2n) is 10.8. The molecular formula is C31H39N3O4. The molecule has 7 heteroatoms. The topological polar surface area (TPSA) is 72.8 Å². The van der Waals surface area contributed by atoms with Gasteiger partial charge in [-0.1, -0.05) is 24.6 Å². The number of aryl methyl sites for hydroxylation is 2. The molecule has 5 rings (SSSR count). The van der Waals surface area contributed by atoms with Gasteiger partial charge in [0.2, 0.25) is 0 Å². The highest BCUT2D eigenvalue weighted by Crippen LogP contribution is 2.38. The molecule has 1 atom stereocenters. The molecule has 0 bridgehead atoms. The molecule has 3 aromatic rings. The van der Waals surface area contributed by atoms with Crippen molar-refractivity contribution in [3.63, 3.8) is 0 Å². The van der Waals surface area contributed by atoms with Crippen LogP contribution in [0.2, 0.25) is 0 Å². The molecule has 1 spiro atoms. The lowest BCUT2D eigenvalue weighted by atomic mass is 9.74. The monoisotopic (exact) mass is 517 g/mol. The van der Waals surface area contributed by atoms with Gasteiger partial charge in [0.15, 0.2) is 6.10 Å². The van der Waals surface area contributed by atoms with Crippen LogP contribution in [0.15, 0.2) is 48.5 Å². The van der Waals surface area contributed by atoms with Gasteiger partial charge in [0.1, 0.15) is 17.2 Å². The first-order valence-corrected chi connectivity index (χ1v) is 13.9. The summed E-state index contributed by atoms with van der Waals surface area (Å²) in [5, 5.41) is 4.19. The van der Waals surface area contributed by atoms with Crippen LogP contribution in [0.4, 0.5) is 0 Å². The van der Waals surface area contributed by atoms with Crippen molar-refractivity contribution in [2.75, 3.05) is 26.2 Å². The van der Waals surface area contributed by atoms with Gasteiger partial charge in [-0.25, -0.2) is 0 Å². The highest BCUT2D eigenvalue weighted by atomic mass is 16.5. The molecule has 0 saturated carbocycles. The average Bonchev–Trinajstić information content (AvgIpc) is 3.25. The number of rotatable bonds is 3. The number of likely N-dealkylation sites (tertiary alicyclic amines) is 1. The number of ether oxygens (including phenoxy) is 2. The van der Waals surface area contributed by atoms with Gasteiger partial charge in [0.25, 0.3) is 11.8 Å². The van der Waals surface area contributed by atoms with Crippen LogP contribution in [0, 0.1) is 5.41 Å². The van der Waals surface area contributed by atoms with Crippen LogP contribution in [-0.4, -0.2) is 53.6 Å². The molecule has 1 saturated heterocycles. The Morgan fingerprint density at radius 3 is 2.68 bits per heavy atom. The fourth-order valence-corrected chi connectivity index (χ4v) is 5.95. The Morgan fingerprint density at radius 1 is 1.11 bits per heavy atom. The van der Waals surface area contributed by atoms with Crippen molar-refractivity contribution < 1.29 is 19.1 Å². The first-order chi connectivity index (χ1) is 18.4. The summed E-state index contributed by atoms with van der Waals surface area (Å²) in [7, 11) is 1.95. The maximum Gasteiger partial charge on any atom is 0.270 e. The zero-order chi connectivity index (χ0) is 26.7. The Hall–Kier alpha value is -3.48. The molecular weight excluding hydrogens is 478 g/mol. The van der Waals surface area contributed by atoms with Crippen molar-refractivity contribution in [3.05, 3.63) is 59.8 Å². The molecule has 0 aliphatic carbocycles. The summed E-state index contributed by atoms with van der Waals surface area (Å²) in [6, 6.07) is 16.0. The van der Waals surface area contributed by atoms with E-state index in [9.17, 15) is 9.59 Å². The number of fused-ring (bicyclic) bond motifs is 2. The number of aromatic nitrogens is 1. The second-order valence-corrected chi connectivity index (χ2v) is 10.8. The SMILES string of the molecule is CCOc1ccc2c(c1)cc(C(=O)N1CCC3(CCCCc4ccccc4O[C@H](C)C(=O)NC3)CC1)n2C. The normalized spacial score (nSPS) is 20.1. The largest absolute Gasteiger partial charge is 0.494 e. The van der Waals surface area contributed by atoms with E-state index in [1.807, 2.05) is 72.8 Å². The number of amides is 2. The summed E-state index contributed by atoms with van der Waals surface area (Å²) in [6.07, 6.45) is 5.35. The zero-order valence-corrected chi connectivity index (χ0v) is 22.8. The molecule has 3 heterocycles. The number of piperidine rings is 1. The van der Waals surface area contributed by atoms with Crippen LogP contribution in [0.5, 0.6) is 11.5 Å². The smallest absolute Gasteiger partial charge is 0.270 e. The fourth-order valence-electron chi connectivity index (χ4n) is 5.95. The molecule has 202 valence electrons. The Bertz CT molecular complexity index is 1310. The van der Waals surface area contributed by atoms with Crippen molar-refractivity contribution in [2.45, 2.75) is 58.5 Å². The molecule has 0 unspecified atom stereocenters. The molecule has 7 nitrogen and oxygen atoms in total. The van der Waals surface area contributed by atoms with E-state index in [1.165, 1.54) is 0 Å². The molecule has 1 aromatic heterocycles. The summed E-state index contributed by atoms with van der Waals surface area (Å²) in [4.78, 5) is 28.5. The summed E-state index contributed by atoms with van der Waals surface area (Å²) in [5.41, 5.74) is 2.87. The average molecular weight is 518 g/mol. The van der Waals surface area contributed by atoms with Crippen LogP contribution in [-0.2, 0) is 18.3 Å². The molecule has 1 N–H and O–H groups in total. The van der Waals surface area contributed by atoms with E-state index < -0.39 is 6.10 Å². The first kappa shape index (κ1) is 26.1. The van der Waals surface area contributed by atoms with E-state index in [4.69, 9.17) is 9.47 Å². The molecule has 2 aliphatic heterocycles. The van der Waals surface area contributed by atoms with E-state index >= 15 is 0 Å². The predicted molar refractivity (Wildman–Crippen MR) is 149 cm³/mol. The zero-order valence-electron chi connectivity index (χ0n) is 22.8. The number of nitrogens with zero attached hydrogens (tertiary/aromatic N) is 2. The third-order valence-electron chi connectivity index (χ3n) is 8.34. The van der Waals surface area contributed by atoms with Gasteiger partial charge in [-0.15, -0.1) is 0 Å². The number of benzene rings is 2. The standard InChI is InChI=1S/C31H39N3O4/c1-4-37-25-12-13-26-24(19-25)20-27(33(26)3)30(36)34-17-15-31(16-18-34)14-8-7-10-23-9-5-6-11-28(23)38-22(2)29(35)32-21-31/h5-6,9,11-13,19-20,22H,4,7-8,10,14-18,21H2,1-3H3,(H,32,35)/t22-/m1/s1. The Kier molecular flexibility index (Phi) is 7.63. The van der Waals surface area contributed by atoms with Gasteiger partial charge in [-0.3, -0.25) is 9.59 Å². The van der Waals surface area contributed by atoms with E-state index in [0.717, 1.165) is 66.5 Å². The van der Waals surface area contributed by atoms with Gasteiger partial charge in [0, 0.05) is 37.6 Å². The molecule has 1 fully saturated rings. The number of para-hydroxylation sites is 1. The lowest BCUT2D eigenvalue weighted by molar-refractivity contribution is -0.128. The van der Waals surface area contributed by atoms with Gasteiger partial charge in [-0.2, -0.15) is 0 Å². The molecule has 2 aromatic carbocycles. The maximum absolute atomic E-state index is 13.6. The van der Waals surface area contributed by atoms with Crippen LogP contribution in [0.1, 0.15) is 62.0 Å². The fraction of sp³-hybridized carbons (Fsp3) is 0.484. The highest BCUT2D eigenvalue weighted by Gasteiger charge is 2.37. The van der Waals surface area contributed by atoms with Crippen LogP contribution >= 0.6 is 0 Å². The predicted octanol–water partition coefficient (Wildman–Crippen LogP) is 5.11. The second kappa shape index (κ2) is 11.1. The number of carbonyl (C=O) groups excluding carboxylic acids is 2. The molecule has 2 amide bonds. The van der Waals surface area contributed by atoms with E-state index in [-0.39, 0.29) is 17.2 Å². The third-order valence-corrected chi connectivity index (χ3v) is 8.34. The summed E-state index contributed by atoms with van der Waals surface area (Å²) < 4.78 is 13.7. The van der Waals surface area contributed by atoms with Crippen LogP contribution in [0.3, 0.4) is 0 Å². The quantitative estimate of drug-likeness (QED) is 0.524. The van der Waals surface area contributed by atoms with Gasteiger partial charge >= 0.3 is 0 Å². The summed E-state index contributed by atoms with van der Waals surface area (Å²) in [6.45, 7) is 6.39. The van der Waals surface area contributed by atoms with E-state index in [2.05, 4.69) is 11.4 Å². The molecule has 38 heavy (non-hydrogen) atoms. The van der Waals surface area contributed by atoms with Crippen LogP contribution in [0.25, 0.3) is 10.9 Å². The molecule has 0 radical (unpaired) electrons. The van der Waals surface area contributed by atoms with Crippen molar-refractivity contribution in [3.8, 4) is 11.5 Å². The minimum Gasteiger partial charge on any atom is -0.494 e. The number of nitrogens with one attached hydrogen (secondary N) is 1. The summed E-state index contributed by atoms with van der Waals surface area (Å²) in [5.74, 6) is 1.60. The third kappa shape index (κ3) is 5.38. The van der Waals surface area contributed by atoms with Crippen molar-refractivity contribution in [1.29, 1.82) is 0 Å². The highest BCUT2D eigenvalue weighted by molar-refractivity contribution is 5.99. The minimum absolute atomic E-state index is 0.00378. The summed E-state index contributed by atoms with van der Waals surface area (Å²) >= 11 is 0. The van der Waals surface area contributed by atoms with Gasteiger partial charge in [-0.05, 0) is 87.3 Å². The van der Waals surface area contributed by atoms with Crippen molar-refractivity contribution >= 4 is 22.7 Å². The van der Waals surface area contributed by atoms with Gasteiger partial charge in [0.05, 0.1) is 6.61 Å². The number of hydrogen-bond acceptors (Lipinski definition) is 4. The van der Waals surface area contributed by atoms with E-state index in [1.54, 1.807) is 0 Å². The van der Waals surface area contributed by atoms with Crippen molar-refractivity contribution in [2.24, 2.45) is 12.5 Å². The minimum atomic E-state index is -0.552. The lowest BCUT2D eigenvalue weighted by Gasteiger charge is -2.42. The lowest BCUT2D eigenvalue weighted by Crippen LogP contribution is -2.49. The van der Waals surface area contributed by atoms with E-state index in [0.29, 0.717) is 31.9 Å². The van der Waals surface area contributed by atoms with Crippen molar-refractivity contribution in [1.82, 2.24) is 14.8 Å². The Morgan fingerprint density at radius 2 is 1.89 bits per heavy atom. The molecule has 2 aliphatic rings. The maximum atomic E-state index is 13.6. The van der Waals surface area contributed by atoms with Crippen LogP contribution < -0.4 is 14.8 Å². The first-order valence-electron chi connectivity index (χ1n) is 13.9. The Balaban J connectivity index is 1.28. The number of carbonyl (C=O) groups is 2. The Labute approximate surface area is 225 Å². The number of hydrogen-bond donors (Lipinski definition) is 1.